The van der Waals surface area contributed by atoms with E-state index in [0.29, 0.717) is 22.3 Å². The normalized spacial score (nSPS) is 12.3. The number of amides is 1. The third-order valence-electron chi connectivity index (χ3n) is 4.73. The predicted octanol–water partition coefficient (Wildman–Crippen LogP) is 5.27. The molecule has 0 spiro atoms. The first kappa shape index (κ1) is 19.7. The van der Waals surface area contributed by atoms with Crippen LogP contribution >= 0.6 is 0 Å². The third kappa shape index (κ3) is 4.09. The average molecular weight is 379 g/mol. The summed E-state index contributed by atoms with van der Waals surface area (Å²) in [5, 5.41) is 13.4. The van der Waals surface area contributed by atoms with Crippen LogP contribution in [0, 0.1) is 19.8 Å². The molecule has 1 heterocycles. The molecule has 1 unspecified atom stereocenters. The molecule has 2 N–H and O–H groups in total. The Hall–Kier alpha value is -3.08. The summed E-state index contributed by atoms with van der Waals surface area (Å²) >= 11 is 0. The lowest BCUT2D eigenvalue weighted by Gasteiger charge is -2.22. The molecule has 0 aliphatic rings. The molecule has 0 fully saturated rings. The molecule has 28 heavy (non-hydrogen) atoms. The number of carbonyl (C=O) groups is 2. The number of hydrogen-bond donors (Lipinski definition) is 2. The summed E-state index contributed by atoms with van der Waals surface area (Å²) < 4.78 is 5.17. The van der Waals surface area contributed by atoms with Gasteiger partial charge in [0.15, 0.2) is 0 Å². The molecule has 3 aromatic rings. The van der Waals surface area contributed by atoms with E-state index in [1.165, 1.54) is 6.26 Å². The quantitative estimate of drug-likeness (QED) is 0.612. The molecule has 1 aromatic heterocycles. The molecule has 1 amide bonds. The lowest BCUT2D eigenvalue weighted by Crippen LogP contribution is -2.30. The summed E-state index contributed by atoms with van der Waals surface area (Å²) in [6, 6.07) is 11.2. The van der Waals surface area contributed by atoms with Crippen LogP contribution in [-0.2, 0) is 0 Å². The zero-order chi connectivity index (χ0) is 20.4. The van der Waals surface area contributed by atoms with Gasteiger partial charge in [0.2, 0.25) is 5.76 Å². The van der Waals surface area contributed by atoms with Gasteiger partial charge in [-0.25, -0.2) is 4.79 Å². The highest BCUT2D eigenvalue weighted by Gasteiger charge is 2.23. The first-order valence-electron chi connectivity index (χ1n) is 9.38. The highest BCUT2D eigenvalue weighted by atomic mass is 16.4. The zero-order valence-corrected chi connectivity index (χ0v) is 16.6. The van der Waals surface area contributed by atoms with Crippen molar-refractivity contribution in [2.24, 2.45) is 5.92 Å². The molecule has 146 valence electrons. The molecule has 0 saturated carbocycles. The van der Waals surface area contributed by atoms with Crippen molar-refractivity contribution >= 4 is 22.6 Å². The maximum absolute atomic E-state index is 13.1. The molecule has 5 nitrogen and oxygen atoms in total. The van der Waals surface area contributed by atoms with Gasteiger partial charge in [-0.15, -0.1) is 0 Å². The number of carboxylic acids is 1. The minimum Gasteiger partial charge on any atom is -0.475 e. The van der Waals surface area contributed by atoms with Crippen LogP contribution in [-0.4, -0.2) is 17.0 Å². The second kappa shape index (κ2) is 7.89. The van der Waals surface area contributed by atoms with Gasteiger partial charge in [-0.3, -0.25) is 4.79 Å². The molecule has 3 rings (SSSR count). The van der Waals surface area contributed by atoms with E-state index in [2.05, 4.69) is 37.4 Å². The van der Waals surface area contributed by atoms with Crippen molar-refractivity contribution < 1.29 is 19.1 Å². The average Bonchev–Trinajstić information content (AvgIpc) is 3.04. The number of furan rings is 1. The predicted molar refractivity (Wildman–Crippen MR) is 109 cm³/mol. The number of rotatable bonds is 6. The minimum atomic E-state index is -1.19. The van der Waals surface area contributed by atoms with Gasteiger partial charge >= 0.3 is 5.97 Å². The molecule has 0 saturated heterocycles. The number of nitrogens with one attached hydrogen (secondary N) is 1. The highest BCUT2D eigenvalue weighted by molar-refractivity contribution is 6.13. The van der Waals surface area contributed by atoms with E-state index < -0.39 is 5.97 Å². The van der Waals surface area contributed by atoms with Crippen molar-refractivity contribution in [1.82, 2.24) is 5.32 Å². The van der Waals surface area contributed by atoms with Crippen molar-refractivity contribution in [3.63, 3.8) is 0 Å². The van der Waals surface area contributed by atoms with Gasteiger partial charge in [-0.1, -0.05) is 55.3 Å². The number of aromatic carboxylic acids is 1. The molecule has 2 aromatic carbocycles. The fourth-order valence-corrected chi connectivity index (χ4v) is 3.65. The topological polar surface area (TPSA) is 79.5 Å². The summed E-state index contributed by atoms with van der Waals surface area (Å²) in [6.07, 6.45) is 2.15. The van der Waals surface area contributed by atoms with Crippen LogP contribution in [0.4, 0.5) is 0 Å². The fourth-order valence-electron chi connectivity index (χ4n) is 3.65. The molecule has 0 bridgehead atoms. The van der Waals surface area contributed by atoms with E-state index in [4.69, 9.17) is 4.42 Å². The van der Waals surface area contributed by atoms with Crippen molar-refractivity contribution in [3.8, 4) is 0 Å². The van der Waals surface area contributed by atoms with Gasteiger partial charge in [0.05, 0.1) is 17.9 Å². The Morgan fingerprint density at radius 1 is 1.11 bits per heavy atom. The Morgan fingerprint density at radius 2 is 1.79 bits per heavy atom. The maximum atomic E-state index is 13.1. The number of hydrogen-bond acceptors (Lipinski definition) is 3. The minimum absolute atomic E-state index is 0.165. The first-order valence-corrected chi connectivity index (χ1v) is 9.38. The van der Waals surface area contributed by atoms with Crippen LogP contribution in [0.25, 0.3) is 10.8 Å². The van der Waals surface area contributed by atoms with Gasteiger partial charge in [-0.2, -0.15) is 0 Å². The molecule has 0 aliphatic heterocycles. The molecule has 1 atom stereocenters. The van der Waals surface area contributed by atoms with Crippen molar-refractivity contribution in [3.05, 3.63) is 70.7 Å². The Balaban J connectivity index is 2.00. The smallest absolute Gasteiger partial charge is 0.372 e. The SMILES string of the molecule is Cc1cc(C)cc(C(CC(C)C)NC(=O)c2cccc3coc(C(=O)O)c23)c1. The second-order valence-corrected chi connectivity index (χ2v) is 7.72. The van der Waals surface area contributed by atoms with E-state index in [0.717, 1.165) is 23.1 Å². The Morgan fingerprint density at radius 3 is 2.39 bits per heavy atom. The molecular weight excluding hydrogens is 354 g/mol. The molecule has 5 heteroatoms. The van der Waals surface area contributed by atoms with Gasteiger partial charge in [0, 0.05) is 10.8 Å². The molecular formula is C23H25NO4. The Bertz CT molecular complexity index is 1010. The molecule has 0 aliphatic carbocycles. The summed E-state index contributed by atoms with van der Waals surface area (Å²) in [6.45, 7) is 8.30. The van der Waals surface area contributed by atoms with Gasteiger partial charge in [-0.05, 0) is 37.8 Å². The van der Waals surface area contributed by atoms with Crippen LogP contribution in [0.5, 0.6) is 0 Å². The van der Waals surface area contributed by atoms with Crippen LogP contribution < -0.4 is 5.32 Å². The van der Waals surface area contributed by atoms with E-state index in [9.17, 15) is 14.7 Å². The van der Waals surface area contributed by atoms with Crippen molar-refractivity contribution in [2.45, 2.75) is 40.2 Å². The number of carboxylic acid groups (broad SMARTS) is 1. The summed E-state index contributed by atoms with van der Waals surface area (Å²) in [7, 11) is 0. The third-order valence-corrected chi connectivity index (χ3v) is 4.73. The van der Waals surface area contributed by atoms with Crippen LogP contribution in [0.3, 0.4) is 0 Å². The molecule has 0 radical (unpaired) electrons. The van der Waals surface area contributed by atoms with Crippen molar-refractivity contribution in [2.75, 3.05) is 0 Å². The number of carbonyl (C=O) groups excluding carboxylic acids is 1. The summed E-state index contributed by atoms with van der Waals surface area (Å²) in [5.74, 6) is -1.33. The lowest BCUT2D eigenvalue weighted by molar-refractivity contribution is 0.0665. The fraction of sp³-hybridized carbons (Fsp3) is 0.304. The standard InChI is InChI=1S/C23H25NO4/c1-13(2)8-19(17-10-14(3)9-15(4)11-17)24-22(25)18-7-5-6-16-12-28-21(20(16)18)23(26)27/h5-7,9-13,19H,8H2,1-4H3,(H,24,25)(H,26,27). The van der Waals surface area contributed by atoms with Crippen LogP contribution in [0.2, 0.25) is 0 Å². The van der Waals surface area contributed by atoms with Gasteiger partial charge in [0.25, 0.3) is 5.91 Å². The largest absolute Gasteiger partial charge is 0.475 e. The van der Waals surface area contributed by atoms with E-state index in [1.54, 1.807) is 18.2 Å². The van der Waals surface area contributed by atoms with E-state index in [-0.39, 0.29) is 17.7 Å². The first-order chi connectivity index (χ1) is 13.3. The summed E-state index contributed by atoms with van der Waals surface area (Å²) in [4.78, 5) is 24.6. The zero-order valence-electron chi connectivity index (χ0n) is 16.6. The van der Waals surface area contributed by atoms with Crippen molar-refractivity contribution in [1.29, 1.82) is 0 Å². The van der Waals surface area contributed by atoms with Gasteiger partial charge in [0.1, 0.15) is 0 Å². The monoisotopic (exact) mass is 379 g/mol. The number of benzene rings is 2. The van der Waals surface area contributed by atoms with E-state index >= 15 is 0 Å². The Kier molecular flexibility index (Phi) is 5.54. The Labute approximate surface area is 164 Å². The highest BCUT2D eigenvalue weighted by Crippen LogP contribution is 2.28. The summed E-state index contributed by atoms with van der Waals surface area (Å²) in [5.41, 5.74) is 3.64. The van der Waals surface area contributed by atoms with Crippen LogP contribution in [0.1, 0.15) is 63.9 Å². The van der Waals surface area contributed by atoms with Gasteiger partial charge < -0.3 is 14.8 Å². The second-order valence-electron chi connectivity index (χ2n) is 7.72. The number of aryl methyl sites for hydroxylation is 2. The maximum Gasteiger partial charge on any atom is 0.372 e. The van der Waals surface area contributed by atoms with Crippen LogP contribution in [0.15, 0.2) is 47.1 Å². The van der Waals surface area contributed by atoms with E-state index in [1.807, 2.05) is 13.8 Å². The lowest BCUT2D eigenvalue weighted by atomic mass is 9.94. The number of fused-ring (bicyclic) bond motifs is 1.